The Balaban J connectivity index is 2.84. The highest BCUT2D eigenvalue weighted by Gasteiger charge is 2.04. The second-order valence-electron chi connectivity index (χ2n) is 3.01. The largest absolute Gasteiger partial charge is 0.398 e. The van der Waals surface area contributed by atoms with E-state index in [0.29, 0.717) is 0 Å². The van der Waals surface area contributed by atoms with Crippen LogP contribution in [0.1, 0.15) is 15.9 Å². The standard InChI is InChI=1S/C10H9NOS/c1-6-2-8-7(4-12)5-13-10(8)3-9(6)11/h2-5H,11H2,1H3. The maximum Gasteiger partial charge on any atom is 0.151 e. The van der Waals surface area contributed by atoms with E-state index in [1.54, 1.807) is 11.3 Å². The minimum Gasteiger partial charge on any atom is -0.398 e. The van der Waals surface area contributed by atoms with Gasteiger partial charge in [0.05, 0.1) is 0 Å². The van der Waals surface area contributed by atoms with Gasteiger partial charge in [-0.1, -0.05) is 0 Å². The topological polar surface area (TPSA) is 43.1 Å². The van der Waals surface area contributed by atoms with Gasteiger partial charge in [0.2, 0.25) is 0 Å². The number of carbonyl (C=O) groups is 1. The van der Waals surface area contributed by atoms with Gasteiger partial charge >= 0.3 is 0 Å². The number of fused-ring (bicyclic) bond motifs is 1. The highest BCUT2D eigenvalue weighted by Crippen LogP contribution is 2.28. The van der Waals surface area contributed by atoms with Crippen molar-refractivity contribution in [2.24, 2.45) is 0 Å². The average molecular weight is 191 g/mol. The molecule has 2 nitrogen and oxygen atoms in total. The van der Waals surface area contributed by atoms with Crippen LogP contribution in [0.5, 0.6) is 0 Å². The molecule has 0 aliphatic carbocycles. The first-order valence-corrected chi connectivity index (χ1v) is 4.83. The summed E-state index contributed by atoms with van der Waals surface area (Å²) in [5.74, 6) is 0. The molecule has 0 aliphatic rings. The Morgan fingerprint density at radius 2 is 2.23 bits per heavy atom. The molecule has 0 aliphatic heterocycles. The number of carbonyl (C=O) groups excluding carboxylic acids is 1. The summed E-state index contributed by atoms with van der Waals surface area (Å²) in [6.45, 7) is 1.95. The average Bonchev–Trinajstić information content (AvgIpc) is 2.48. The summed E-state index contributed by atoms with van der Waals surface area (Å²) in [6, 6.07) is 3.88. The summed E-state index contributed by atoms with van der Waals surface area (Å²) in [6.07, 6.45) is 0.883. The molecule has 0 fully saturated rings. The molecule has 2 rings (SSSR count). The second kappa shape index (κ2) is 2.85. The third kappa shape index (κ3) is 1.21. The maximum atomic E-state index is 10.7. The molecule has 1 heterocycles. The predicted octanol–water partition coefficient (Wildman–Crippen LogP) is 2.60. The van der Waals surface area contributed by atoms with E-state index in [9.17, 15) is 4.79 Å². The highest BCUT2D eigenvalue weighted by atomic mass is 32.1. The second-order valence-corrected chi connectivity index (χ2v) is 3.93. The van der Waals surface area contributed by atoms with Crippen LogP contribution in [-0.2, 0) is 0 Å². The molecule has 1 aromatic carbocycles. The first-order valence-electron chi connectivity index (χ1n) is 3.95. The zero-order chi connectivity index (χ0) is 9.42. The van der Waals surface area contributed by atoms with E-state index in [2.05, 4.69) is 0 Å². The van der Waals surface area contributed by atoms with E-state index >= 15 is 0 Å². The number of nitrogens with two attached hydrogens (primary N) is 1. The molecule has 0 saturated carbocycles. The van der Waals surface area contributed by atoms with E-state index in [-0.39, 0.29) is 0 Å². The van der Waals surface area contributed by atoms with Gasteiger partial charge in [0.15, 0.2) is 6.29 Å². The summed E-state index contributed by atoms with van der Waals surface area (Å²) in [4.78, 5) is 10.7. The predicted molar refractivity (Wildman–Crippen MR) is 56.4 cm³/mol. The van der Waals surface area contributed by atoms with Crippen LogP contribution in [-0.4, -0.2) is 6.29 Å². The minimum absolute atomic E-state index is 0.753. The van der Waals surface area contributed by atoms with Crippen molar-refractivity contribution in [3.63, 3.8) is 0 Å². The molecule has 13 heavy (non-hydrogen) atoms. The smallest absolute Gasteiger partial charge is 0.151 e. The quantitative estimate of drug-likeness (QED) is 0.556. The molecule has 0 unspecified atom stereocenters. The van der Waals surface area contributed by atoms with Gasteiger partial charge in [-0.3, -0.25) is 4.79 Å². The molecule has 66 valence electrons. The van der Waals surface area contributed by atoms with Crippen molar-refractivity contribution in [3.8, 4) is 0 Å². The Labute approximate surface area is 80.0 Å². The van der Waals surface area contributed by atoms with Crippen LogP contribution in [0.4, 0.5) is 5.69 Å². The SMILES string of the molecule is Cc1cc2c(C=O)csc2cc1N. The van der Waals surface area contributed by atoms with Crippen LogP contribution in [0.3, 0.4) is 0 Å². The summed E-state index contributed by atoms with van der Waals surface area (Å²) < 4.78 is 1.07. The third-order valence-corrected chi connectivity index (χ3v) is 3.08. The lowest BCUT2D eigenvalue weighted by Gasteiger charge is -1.99. The molecule has 3 heteroatoms. The van der Waals surface area contributed by atoms with Crippen LogP contribution in [0.25, 0.3) is 10.1 Å². The summed E-state index contributed by atoms with van der Waals surface area (Å²) in [7, 11) is 0. The zero-order valence-electron chi connectivity index (χ0n) is 7.20. The van der Waals surface area contributed by atoms with Gasteiger partial charge in [-0.25, -0.2) is 0 Å². The molecule has 0 amide bonds. The van der Waals surface area contributed by atoms with Crippen LogP contribution < -0.4 is 5.73 Å². The monoisotopic (exact) mass is 191 g/mol. The van der Waals surface area contributed by atoms with Crippen molar-refractivity contribution in [1.29, 1.82) is 0 Å². The van der Waals surface area contributed by atoms with Crippen LogP contribution in [0.15, 0.2) is 17.5 Å². The van der Waals surface area contributed by atoms with E-state index in [1.807, 2.05) is 24.4 Å². The van der Waals surface area contributed by atoms with E-state index in [1.165, 1.54) is 0 Å². The molecular formula is C10H9NOS. The summed E-state index contributed by atoms with van der Waals surface area (Å²) in [5, 5.41) is 2.86. The van der Waals surface area contributed by atoms with Gasteiger partial charge in [-0.15, -0.1) is 11.3 Å². The molecule has 0 atom stereocenters. The van der Waals surface area contributed by atoms with Gasteiger partial charge in [-0.05, 0) is 24.6 Å². The molecular weight excluding hydrogens is 182 g/mol. The van der Waals surface area contributed by atoms with Crippen molar-refractivity contribution in [2.45, 2.75) is 6.92 Å². The van der Waals surface area contributed by atoms with Gasteiger partial charge in [0.25, 0.3) is 0 Å². The maximum absolute atomic E-state index is 10.7. The molecule has 0 bridgehead atoms. The van der Waals surface area contributed by atoms with Crippen molar-refractivity contribution in [2.75, 3.05) is 5.73 Å². The summed E-state index contributed by atoms with van der Waals surface area (Å²) in [5.41, 5.74) is 8.31. The van der Waals surface area contributed by atoms with Crippen LogP contribution in [0, 0.1) is 6.92 Å². The third-order valence-electron chi connectivity index (χ3n) is 2.12. The lowest BCUT2D eigenvalue weighted by Crippen LogP contribution is -1.88. The zero-order valence-corrected chi connectivity index (χ0v) is 8.02. The number of nitrogen functional groups attached to an aromatic ring is 1. The van der Waals surface area contributed by atoms with E-state index < -0.39 is 0 Å². The van der Waals surface area contributed by atoms with Gasteiger partial charge in [-0.2, -0.15) is 0 Å². The van der Waals surface area contributed by atoms with Crippen molar-refractivity contribution in [3.05, 3.63) is 28.6 Å². The number of hydrogen-bond donors (Lipinski definition) is 1. The first-order chi connectivity index (χ1) is 6.22. The van der Waals surface area contributed by atoms with Gasteiger partial charge < -0.3 is 5.73 Å². The normalized spacial score (nSPS) is 10.5. The molecule has 2 N–H and O–H groups in total. The highest BCUT2D eigenvalue weighted by molar-refractivity contribution is 7.17. The number of rotatable bonds is 1. The number of aldehydes is 1. The lowest BCUT2D eigenvalue weighted by atomic mass is 10.1. The number of hydrogen-bond acceptors (Lipinski definition) is 3. The fraction of sp³-hybridized carbons (Fsp3) is 0.100. The van der Waals surface area contributed by atoms with E-state index in [0.717, 1.165) is 33.2 Å². The van der Waals surface area contributed by atoms with Crippen molar-refractivity contribution in [1.82, 2.24) is 0 Å². The fourth-order valence-electron chi connectivity index (χ4n) is 1.31. The Morgan fingerprint density at radius 3 is 2.92 bits per heavy atom. The Bertz CT molecular complexity index is 473. The van der Waals surface area contributed by atoms with Crippen molar-refractivity contribution < 1.29 is 4.79 Å². The Hall–Kier alpha value is -1.35. The fourth-order valence-corrected chi connectivity index (χ4v) is 2.24. The minimum atomic E-state index is 0.753. The summed E-state index contributed by atoms with van der Waals surface area (Å²) >= 11 is 1.55. The molecule has 0 radical (unpaired) electrons. The van der Waals surface area contributed by atoms with Gasteiger partial charge in [0, 0.05) is 26.7 Å². The molecule has 0 saturated heterocycles. The lowest BCUT2D eigenvalue weighted by molar-refractivity contribution is 0.112. The number of aryl methyl sites for hydroxylation is 1. The van der Waals surface area contributed by atoms with Crippen LogP contribution >= 0.6 is 11.3 Å². The molecule has 1 aromatic heterocycles. The van der Waals surface area contributed by atoms with Crippen LogP contribution in [0.2, 0.25) is 0 Å². The molecule has 2 aromatic rings. The number of thiophene rings is 1. The Kier molecular flexibility index (Phi) is 1.81. The Morgan fingerprint density at radius 1 is 1.46 bits per heavy atom. The number of anilines is 1. The number of benzene rings is 1. The molecule has 0 spiro atoms. The van der Waals surface area contributed by atoms with E-state index in [4.69, 9.17) is 5.73 Å². The first kappa shape index (κ1) is 8.26. The van der Waals surface area contributed by atoms with Crippen molar-refractivity contribution >= 4 is 33.4 Å². The van der Waals surface area contributed by atoms with Gasteiger partial charge in [0.1, 0.15) is 0 Å².